The topological polar surface area (TPSA) is 87.2 Å². The Morgan fingerprint density at radius 3 is 2.60 bits per heavy atom. The van der Waals surface area contributed by atoms with Crippen molar-refractivity contribution in [1.82, 2.24) is 4.31 Å². The highest BCUT2D eigenvalue weighted by atomic mass is 32.2. The molecule has 1 aliphatic rings. The Labute approximate surface area is 120 Å². The number of nitriles is 1. The smallest absolute Gasteiger partial charge is 0.243 e. The van der Waals surface area contributed by atoms with E-state index < -0.39 is 10.0 Å². The number of nitrogens with two attached hydrogens (primary N) is 1. The Morgan fingerprint density at radius 1 is 1.40 bits per heavy atom. The third-order valence-electron chi connectivity index (χ3n) is 4.00. The van der Waals surface area contributed by atoms with Crippen LogP contribution >= 0.6 is 0 Å². The zero-order valence-corrected chi connectivity index (χ0v) is 12.3. The van der Waals surface area contributed by atoms with E-state index in [9.17, 15) is 8.42 Å². The summed E-state index contributed by atoms with van der Waals surface area (Å²) in [5, 5.41) is 8.75. The van der Waals surface area contributed by atoms with Crippen LogP contribution in [-0.2, 0) is 10.0 Å². The molecule has 1 aromatic carbocycles. The highest BCUT2D eigenvalue weighted by Gasteiger charge is 2.32. The molecule has 1 aromatic rings. The minimum Gasteiger partial charge on any atom is -0.330 e. The van der Waals surface area contributed by atoms with E-state index in [0.29, 0.717) is 31.1 Å². The monoisotopic (exact) mass is 293 g/mol. The average molecular weight is 293 g/mol. The largest absolute Gasteiger partial charge is 0.330 e. The lowest BCUT2D eigenvalue weighted by Gasteiger charge is -2.35. The molecule has 1 fully saturated rings. The Balaban J connectivity index is 2.23. The van der Waals surface area contributed by atoms with Crippen molar-refractivity contribution in [3.05, 3.63) is 29.8 Å². The lowest BCUT2D eigenvalue weighted by atomic mass is 9.88. The molecule has 0 aromatic heterocycles. The molecule has 1 aliphatic heterocycles. The molecule has 2 atom stereocenters. The van der Waals surface area contributed by atoms with Crippen LogP contribution in [0.25, 0.3) is 0 Å². The summed E-state index contributed by atoms with van der Waals surface area (Å²) in [6.45, 7) is 3.61. The van der Waals surface area contributed by atoms with Gasteiger partial charge in [0.2, 0.25) is 10.0 Å². The fraction of sp³-hybridized carbons (Fsp3) is 0.500. The molecule has 1 saturated heterocycles. The van der Waals surface area contributed by atoms with Gasteiger partial charge in [0.1, 0.15) is 0 Å². The molecule has 108 valence electrons. The van der Waals surface area contributed by atoms with E-state index in [2.05, 4.69) is 6.92 Å². The molecule has 2 N–H and O–H groups in total. The lowest BCUT2D eigenvalue weighted by Crippen LogP contribution is -2.45. The van der Waals surface area contributed by atoms with E-state index in [0.717, 1.165) is 6.42 Å². The van der Waals surface area contributed by atoms with E-state index in [4.69, 9.17) is 11.0 Å². The minimum atomic E-state index is -3.49. The van der Waals surface area contributed by atoms with Crippen LogP contribution < -0.4 is 5.73 Å². The Kier molecular flexibility index (Phi) is 4.43. The SMILES string of the molecule is CC1CCN(S(=O)(=O)c2ccc(C#N)cc2)CC1CN. The summed E-state index contributed by atoms with van der Waals surface area (Å²) < 4.78 is 26.6. The minimum absolute atomic E-state index is 0.205. The maximum Gasteiger partial charge on any atom is 0.243 e. The second-order valence-electron chi connectivity index (χ2n) is 5.26. The molecule has 2 rings (SSSR count). The van der Waals surface area contributed by atoms with Crippen molar-refractivity contribution in [2.24, 2.45) is 17.6 Å². The quantitative estimate of drug-likeness (QED) is 0.906. The average Bonchev–Trinajstić information content (AvgIpc) is 2.47. The van der Waals surface area contributed by atoms with Gasteiger partial charge in [-0.05, 0) is 49.1 Å². The fourth-order valence-electron chi connectivity index (χ4n) is 2.49. The standard InChI is InChI=1S/C14H19N3O2S/c1-11-6-7-17(10-13(11)9-16)20(18,19)14-4-2-12(8-15)3-5-14/h2-5,11,13H,6-7,9-10,16H2,1H3. The summed E-state index contributed by atoms with van der Waals surface area (Å²) in [7, 11) is -3.49. The second kappa shape index (κ2) is 5.92. The maximum absolute atomic E-state index is 12.6. The highest BCUT2D eigenvalue weighted by molar-refractivity contribution is 7.89. The number of rotatable bonds is 3. The molecular weight excluding hydrogens is 274 g/mol. The van der Waals surface area contributed by atoms with Gasteiger partial charge in [0.05, 0.1) is 16.5 Å². The molecule has 0 amide bonds. The summed E-state index contributed by atoms with van der Waals surface area (Å²) in [5.41, 5.74) is 6.17. The van der Waals surface area contributed by atoms with Gasteiger partial charge in [-0.25, -0.2) is 8.42 Å². The molecule has 6 heteroatoms. The van der Waals surface area contributed by atoms with Gasteiger partial charge in [-0.3, -0.25) is 0 Å². The summed E-state index contributed by atoms with van der Waals surface area (Å²) in [6.07, 6.45) is 0.831. The van der Waals surface area contributed by atoms with E-state index in [-0.39, 0.29) is 10.8 Å². The van der Waals surface area contributed by atoms with Crippen LogP contribution in [0.5, 0.6) is 0 Å². The number of nitrogens with zero attached hydrogens (tertiary/aromatic N) is 2. The van der Waals surface area contributed by atoms with Crippen molar-refractivity contribution < 1.29 is 8.42 Å². The number of hydrogen-bond acceptors (Lipinski definition) is 4. The molecule has 0 saturated carbocycles. The van der Waals surface area contributed by atoms with Crippen molar-refractivity contribution in [3.8, 4) is 6.07 Å². The van der Waals surface area contributed by atoms with Crippen LogP contribution in [0.3, 0.4) is 0 Å². The molecule has 5 nitrogen and oxygen atoms in total. The lowest BCUT2D eigenvalue weighted by molar-refractivity contribution is 0.203. The van der Waals surface area contributed by atoms with E-state index in [1.54, 1.807) is 0 Å². The molecule has 0 aliphatic carbocycles. The van der Waals surface area contributed by atoms with E-state index in [1.807, 2.05) is 6.07 Å². The van der Waals surface area contributed by atoms with Crippen LogP contribution in [0.15, 0.2) is 29.2 Å². The van der Waals surface area contributed by atoms with Gasteiger partial charge in [0.15, 0.2) is 0 Å². The number of sulfonamides is 1. The van der Waals surface area contributed by atoms with Crippen LogP contribution in [0, 0.1) is 23.2 Å². The first-order chi connectivity index (χ1) is 9.48. The predicted octanol–water partition coefficient (Wildman–Crippen LogP) is 1.16. The number of piperidine rings is 1. The van der Waals surface area contributed by atoms with E-state index in [1.165, 1.54) is 28.6 Å². The van der Waals surface area contributed by atoms with Crippen molar-refractivity contribution in [1.29, 1.82) is 5.26 Å². The second-order valence-corrected chi connectivity index (χ2v) is 7.20. The molecule has 0 bridgehead atoms. The number of benzene rings is 1. The molecule has 0 radical (unpaired) electrons. The summed E-state index contributed by atoms with van der Waals surface area (Å²) in [6, 6.07) is 8.02. The normalized spacial score (nSPS) is 24.2. The van der Waals surface area contributed by atoms with Gasteiger partial charge in [0.25, 0.3) is 0 Å². The van der Waals surface area contributed by atoms with Crippen molar-refractivity contribution >= 4 is 10.0 Å². The molecular formula is C14H19N3O2S. The van der Waals surface area contributed by atoms with Gasteiger partial charge in [-0.1, -0.05) is 6.92 Å². The van der Waals surface area contributed by atoms with Crippen molar-refractivity contribution in [2.45, 2.75) is 18.2 Å². The Morgan fingerprint density at radius 2 is 2.05 bits per heavy atom. The molecule has 0 spiro atoms. The summed E-state index contributed by atoms with van der Waals surface area (Å²) in [5.74, 6) is 0.657. The predicted molar refractivity (Wildman–Crippen MR) is 76.2 cm³/mol. The Hall–Kier alpha value is -1.42. The van der Waals surface area contributed by atoms with Gasteiger partial charge in [-0.15, -0.1) is 0 Å². The fourth-order valence-corrected chi connectivity index (χ4v) is 4.00. The summed E-state index contributed by atoms with van der Waals surface area (Å²) >= 11 is 0. The zero-order valence-electron chi connectivity index (χ0n) is 11.5. The van der Waals surface area contributed by atoms with Crippen LogP contribution in [-0.4, -0.2) is 32.4 Å². The first-order valence-corrected chi connectivity index (χ1v) is 8.13. The third kappa shape index (κ3) is 2.85. The van der Waals surface area contributed by atoms with Gasteiger partial charge in [0, 0.05) is 13.1 Å². The maximum atomic E-state index is 12.6. The Bertz CT molecular complexity index is 604. The first kappa shape index (κ1) is 15.0. The van der Waals surface area contributed by atoms with Gasteiger partial charge >= 0.3 is 0 Å². The third-order valence-corrected chi connectivity index (χ3v) is 5.88. The van der Waals surface area contributed by atoms with Gasteiger partial charge in [-0.2, -0.15) is 9.57 Å². The van der Waals surface area contributed by atoms with Crippen LogP contribution in [0.4, 0.5) is 0 Å². The van der Waals surface area contributed by atoms with Gasteiger partial charge < -0.3 is 5.73 Å². The molecule has 2 unspecified atom stereocenters. The van der Waals surface area contributed by atoms with Crippen LogP contribution in [0.1, 0.15) is 18.9 Å². The molecule has 20 heavy (non-hydrogen) atoms. The molecule has 1 heterocycles. The van der Waals surface area contributed by atoms with E-state index >= 15 is 0 Å². The zero-order chi connectivity index (χ0) is 14.8. The number of hydrogen-bond donors (Lipinski definition) is 1. The summed E-state index contributed by atoms with van der Waals surface area (Å²) in [4.78, 5) is 0.238. The van der Waals surface area contributed by atoms with Crippen LogP contribution in [0.2, 0.25) is 0 Å². The first-order valence-electron chi connectivity index (χ1n) is 6.69. The van der Waals surface area contributed by atoms with Crippen molar-refractivity contribution in [2.75, 3.05) is 19.6 Å². The highest BCUT2D eigenvalue weighted by Crippen LogP contribution is 2.27. The van der Waals surface area contributed by atoms with Crippen molar-refractivity contribution in [3.63, 3.8) is 0 Å².